The molecule has 0 bridgehead atoms. The average molecular weight is 315 g/mol. The van der Waals surface area contributed by atoms with E-state index < -0.39 is 0 Å². The fraction of sp³-hybridized carbons (Fsp3) is 0.500. The van der Waals surface area contributed by atoms with E-state index in [2.05, 4.69) is 40.2 Å². The first-order valence-electron chi connectivity index (χ1n) is 7.67. The lowest BCUT2D eigenvalue weighted by molar-refractivity contribution is 0.369. The van der Waals surface area contributed by atoms with Crippen LogP contribution in [0.15, 0.2) is 36.1 Å². The molecule has 1 aliphatic heterocycles. The molecule has 9 nitrogen and oxygen atoms in total. The Morgan fingerprint density at radius 1 is 1.22 bits per heavy atom. The Kier molecular flexibility index (Phi) is 4.97. The first-order chi connectivity index (χ1) is 11.4. The molecule has 1 fully saturated rings. The van der Waals surface area contributed by atoms with Crippen molar-refractivity contribution in [2.45, 2.75) is 6.54 Å². The monoisotopic (exact) mass is 315 g/mol. The zero-order chi connectivity index (χ0) is 15.9. The van der Waals surface area contributed by atoms with Gasteiger partial charge in [-0.1, -0.05) is 0 Å². The van der Waals surface area contributed by atoms with Crippen LogP contribution in [-0.4, -0.2) is 75.4 Å². The summed E-state index contributed by atoms with van der Waals surface area (Å²) in [5.41, 5.74) is 0. The fourth-order valence-corrected chi connectivity index (χ4v) is 2.54. The molecule has 23 heavy (non-hydrogen) atoms. The largest absolute Gasteiger partial charge is 0.354 e. The van der Waals surface area contributed by atoms with Crippen LogP contribution >= 0.6 is 0 Å². The number of hydrogen-bond acceptors (Lipinski definition) is 6. The Labute approximate surface area is 135 Å². The van der Waals surface area contributed by atoms with Gasteiger partial charge in [-0.3, -0.25) is 9.67 Å². The molecule has 0 aromatic carbocycles. The third-order valence-electron chi connectivity index (χ3n) is 3.72. The van der Waals surface area contributed by atoms with Crippen LogP contribution in [0.3, 0.4) is 0 Å². The van der Waals surface area contributed by atoms with Gasteiger partial charge in [-0.15, -0.1) is 0 Å². The van der Waals surface area contributed by atoms with Gasteiger partial charge in [-0.05, 0) is 6.07 Å². The highest BCUT2D eigenvalue weighted by molar-refractivity contribution is 5.80. The average Bonchev–Trinajstić information content (AvgIpc) is 3.13. The first-order valence-corrected chi connectivity index (χ1v) is 7.67. The number of anilines is 1. The molecule has 2 aromatic rings. The van der Waals surface area contributed by atoms with Gasteiger partial charge in [0, 0.05) is 52.2 Å². The molecule has 0 aliphatic carbocycles. The summed E-state index contributed by atoms with van der Waals surface area (Å²) in [5.74, 6) is 1.71. The highest BCUT2D eigenvalue weighted by atomic mass is 15.4. The van der Waals surface area contributed by atoms with Gasteiger partial charge in [0.05, 0.1) is 6.54 Å². The fourth-order valence-electron chi connectivity index (χ4n) is 2.54. The SMILES string of the molecule is CN=C(NCCn1cncn1)N1CCN(c2ncccn2)CC1. The van der Waals surface area contributed by atoms with E-state index in [0.717, 1.165) is 51.2 Å². The van der Waals surface area contributed by atoms with Gasteiger partial charge in [0.2, 0.25) is 5.95 Å². The Bertz CT molecular complexity index is 602. The zero-order valence-corrected chi connectivity index (χ0v) is 13.2. The molecular formula is C14H21N9. The van der Waals surface area contributed by atoms with Gasteiger partial charge in [0.25, 0.3) is 0 Å². The van der Waals surface area contributed by atoms with Crippen LogP contribution in [0.5, 0.6) is 0 Å². The number of piperazine rings is 1. The number of nitrogens with one attached hydrogen (secondary N) is 1. The first kappa shape index (κ1) is 15.2. The van der Waals surface area contributed by atoms with Gasteiger partial charge in [-0.2, -0.15) is 5.10 Å². The van der Waals surface area contributed by atoms with Crippen LogP contribution in [0.25, 0.3) is 0 Å². The second kappa shape index (κ2) is 7.52. The maximum atomic E-state index is 4.36. The van der Waals surface area contributed by atoms with Crippen LogP contribution in [-0.2, 0) is 6.54 Å². The molecule has 1 N–H and O–H groups in total. The third kappa shape index (κ3) is 3.93. The van der Waals surface area contributed by atoms with Crippen LogP contribution < -0.4 is 10.2 Å². The Balaban J connectivity index is 1.47. The number of rotatable bonds is 4. The van der Waals surface area contributed by atoms with E-state index >= 15 is 0 Å². The minimum absolute atomic E-state index is 0.761. The van der Waals surface area contributed by atoms with E-state index in [1.807, 2.05) is 13.1 Å². The van der Waals surface area contributed by atoms with Crippen molar-refractivity contribution in [1.29, 1.82) is 0 Å². The summed E-state index contributed by atoms with van der Waals surface area (Å²) in [5, 5.41) is 7.46. The molecule has 3 rings (SSSR count). The van der Waals surface area contributed by atoms with E-state index in [1.54, 1.807) is 29.7 Å². The highest BCUT2D eigenvalue weighted by Gasteiger charge is 2.20. The van der Waals surface area contributed by atoms with Crippen molar-refractivity contribution >= 4 is 11.9 Å². The quantitative estimate of drug-likeness (QED) is 0.599. The van der Waals surface area contributed by atoms with E-state index in [-0.39, 0.29) is 0 Å². The van der Waals surface area contributed by atoms with Crippen LogP contribution in [0.2, 0.25) is 0 Å². The maximum absolute atomic E-state index is 4.36. The standard InChI is InChI=1S/C14H21N9/c1-15-13(19-5-6-23-12-16-11-20-23)21-7-9-22(10-8-21)14-17-3-2-4-18-14/h2-4,11-12H,5-10H2,1H3,(H,15,19). The zero-order valence-electron chi connectivity index (χ0n) is 13.2. The lowest BCUT2D eigenvalue weighted by Crippen LogP contribution is -2.53. The van der Waals surface area contributed by atoms with Gasteiger partial charge in [0.1, 0.15) is 12.7 Å². The van der Waals surface area contributed by atoms with E-state index in [1.165, 1.54) is 0 Å². The summed E-state index contributed by atoms with van der Waals surface area (Å²) in [6.07, 6.45) is 6.81. The molecule has 1 aliphatic rings. The van der Waals surface area contributed by atoms with Gasteiger partial charge < -0.3 is 15.1 Å². The topological polar surface area (TPSA) is 87.4 Å². The van der Waals surface area contributed by atoms with Gasteiger partial charge >= 0.3 is 0 Å². The smallest absolute Gasteiger partial charge is 0.225 e. The van der Waals surface area contributed by atoms with Crippen molar-refractivity contribution in [2.24, 2.45) is 4.99 Å². The van der Waals surface area contributed by atoms with Crippen molar-refractivity contribution in [3.8, 4) is 0 Å². The summed E-state index contributed by atoms with van der Waals surface area (Å²) >= 11 is 0. The number of nitrogens with zero attached hydrogens (tertiary/aromatic N) is 8. The van der Waals surface area contributed by atoms with E-state index in [0.29, 0.717) is 0 Å². The number of aromatic nitrogens is 5. The number of guanidine groups is 1. The molecule has 0 amide bonds. The summed E-state index contributed by atoms with van der Waals surface area (Å²) in [6.45, 7) is 5.07. The molecule has 0 atom stereocenters. The molecule has 122 valence electrons. The molecular weight excluding hydrogens is 294 g/mol. The highest BCUT2D eigenvalue weighted by Crippen LogP contribution is 2.09. The summed E-state index contributed by atoms with van der Waals surface area (Å²) in [6, 6.07) is 1.83. The summed E-state index contributed by atoms with van der Waals surface area (Å²) < 4.78 is 1.80. The Hall–Kier alpha value is -2.71. The van der Waals surface area contributed by atoms with Crippen molar-refractivity contribution in [3.05, 3.63) is 31.1 Å². The van der Waals surface area contributed by atoms with Gasteiger partial charge in [0.15, 0.2) is 5.96 Å². The predicted octanol–water partition coefficient (Wildman–Crippen LogP) is -0.534. The van der Waals surface area contributed by atoms with Crippen molar-refractivity contribution in [2.75, 3.05) is 44.7 Å². The molecule has 9 heteroatoms. The number of aliphatic imine (C=N–C) groups is 1. The second-order valence-electron chi connectivity index (χ2n) is 5.16. The lowest BCUT2D eigenvalue weighted by Gasteiger charge is -2.36. The molecule has 0 unspecified atom stereocenters. The molecule has 0 radical (unpaired) electrons. The van der Waals surface area contributed by atoms with Crippen LogP contribution in [0, 0.1) is 0 Å². The minimum Gasteiger partial charge on any atom is -0.354 e. The number of hydrogen-bond donors (Lipinski definition) is 1. The third-order valence-corrected chi connectivity index (χ3v) is 3.72. The predicted molar refractivity (Wildman–Crippen MR) is 87.2 cm³/mol. The second-order valence-corrected chi connectivity index (χ2v) is 5.16. The molecule has 3 heterocycles. The maximum Gasteiger partial charge on any atom is 0.225 e. The van der Waals surface area contributed by atoms with Crippen molar-refractivity contribution in [3.63, 3.8) is 0 Å². The normalized spacial score (nSPS) is 15.8. The molecule has 0 saturated carbocycles. The van der Waals surface area contributed by atoms with Crippen molar-refractivity contribution in [1.82, 2.24) is 34.9 Å². The summed E-state index contributed by atoms with van der Waals surface area (Å²) in [7, 11) is 1.81. The lowest BCUT2D eigenvalue weighted by atomic mass is 10.3. The van der Waals surface area contributed by atoms with E-state index in [9.17, 15) is 0 Å². The Morgan fingerprint density at radius 3 is 2.65 bits per heavy atom. The summed E-state index contributed by atoms with van der Waals surface area (Å²) in [4.78, 5) is 21.4. The van der Waals surface area contributed by atoms with Crippen LogP contribution in [0.4, 0.5) is 5.95 Å². The van der Waals surface area contributed by atoms with Crippen molar-refractivity contribution < 1.29 is 0 Å². The van der Waals surface area contributed by atoms with Gasteiger partial charge in [-0.25, -0.2) is 15.0 Å². The van der Waals surface area contributed by atoms with E-state index in [4.69, 9.17) is 0 Å². The molecule has 0 spiro atoms. The molecule has 2 aromatic heterocycles. The Morgan fingerprint density at radius 2 is 2.00 bits per heavy atom. The minimum atomic E-state index is 0.761. The molecule has 1 saturated heterocycles. The van der Waals surface area contributed by atoms with Crippen LogP contribution in [0.1, 0.15) is 0 Å².